The molecule has 3 aromatic rings. The Balaban J connectivity index is 1.09. The van der Waals surface area contributed by atoms with Gasteiger partial charge in [-0.05, 0) is 24.6 Å². The third kappa shape index (κ3) is 8.29. The molecule has 0 amide bonds. The van der Waals surface area contributed by atoms with Gasteiger partial charge in [0, 0.05) is 19.8 Å². The minimum absolute atomic E-state index is 0.0282. The van der Waals surface area contributed by atoms with Gasteiger partial charge in [0.25, 0.3) is 5.56 Å². The van der Waals surface area contributed by atoms with Crippen LogP contribution in [-0.2, 0) is 33.8 Å². The number of ether oxygens (including phenoxy) is 1. The van der Waals surface area contributed by atoms with E-state index in [0.717, 1.165) is 11.9 Å². The number of aromatic nitrogens is 8. The van der Waals surface area contributed by atoms with E-state index in [4.69, 9.17) is 15.0 Å². The van der Waals surface area contributed by atoms with Gasteiger partial charge in [0.05, 0.1) is 37.1 Å². The summed E-state index contributed by atoms with van der Waals surface area (Å²) in [5.41, 5.74) is 5.93. The number of nitrogens with two attached hydrogens (primary N) is 1. The van der Waals surface area contributed by atoms with Crippen molar-refractivity contribution in [3.8, 4) is 11.5 Å². The van der Waals surface area contributed by atoms with E-state index in [2.05, 4.69) is 33.8 Å². The number of anilines is 2. The van der Waals surface area contributed by atoms with Crippen molar-refractivity contribution in [2.24, 2.45) is 0 Å². The molecule has 5 heterocycles. The maximum absolute atomic E-state index is 12.6. The number of fused-ring (bicyclic) bond motifs is 3. The second kappa shape index (κ2) is 15.3. The molecule has 10 N–H and O–H groups in total. The van der Waals surface area contributed by atoms with Crippen LogP contribution in [0.15, 0.2) is 34.4 Å². The smallest absolute Gasteiger partial charge is 0.388 e. The predicted octanol–water partition coefficient (Wildman–Crippen LogP) is -2.67. The van der Waals surface area contributed by atoms with Gasteiger partial charge in [-0.3, -0.25) is 23.4 Å². The summed E-state index contributed by atoms with van der Waals surface area (Å²) in [7, 11) is -7.52. The van der Waals surface area contributed by atoms with E-state index in [0.29, 0.717) is 5.69 Å². The van der Waals surface area contributed by atoms with Crippen molar-refractivity contribution in [2.75, 3.05) is 37.9 Å². The van der Waals surface area contributed by atoms with Gasteiger partial charge >= 0.3 is 21.3 Å². The number of benzene rings is 1. The lowest BCUT2D eigenvalue weighted by Gasteiger charge is -2.26. The molecular weight excluding hydrogens is 778 g/mol. The second-order valence-electron chi connectivity index (χ2n) is 12.7. The van der Waals surface area contributed by atoms with E-state index in [1.54, 1.807) is 38.1 Å². The molecular formula is C28H36N10O15P2. The minimum Gasteiger partial charge on any atom is -0.388 e. The lowest BCUT2D eigenvalue weighted by atomic mass is 10.1. The van der Waals surface area contributed by atoms with Crippen molar-refractivity contribution in [3.63, 3.8) is 0 Å². The molecule has 0 bridgehead atoms. The zero-order valence-electron chi connectivity index (χ0n) is 28.9. The van der Waals surface area contributed by atoms with Crippen LogP contribution in [0.25, 0.3) is 33.7 Å². The van der Waals surface area contributed by atoms with E-state index in [9.17, 15) is 54.0 Å². The summed E-state index contributed by atoms with van der Waals surface area (Å²) < 4.78 is 46.7. The van der Waals surface area contributed by atoms with Crippen molar-refractivity contribution in [1.29, 1.82) is 0 Å². The molecule has 0 saturated carbocycles. The van der Waals surface area contributed by atoms with Crippen LogP contribution in [0.2, 0.25) is 0 Å². The molecule has 25 nitrogen and oxygen atoms in total. The quantitative estimate of drug-likeness (QED) is 0.0408. The highest BCUT2D eigenvalue weighted by Gasteiger charge is 2.46. The summed E-state index contributed by atoms with van der Waals surface area (Å²) in [6.45, 7) is -1.01. The highest BCUT2D eigenvalue weighted by molar-refractivity contribution is 7.61. The summed E-state index contributed by atoms with van der Waals surface area (Å²) >= 11 is 0. The minimum atomic E-state index is -5.56. The third-order valence-corrected chi connectivity index (χ3v) is 11.2. The Morgan fingerprint density at radius 3 is 2.44 bits per heavy atom. The fourth-order valence-corrected chi connectivity index (χ4v) is 8.02. The van der Waals surface area contributed by atoms with Gasteiger partial charge in [-0.25, -0.2) is 33.9 Å². The Kier molecular flexibility index (Phi) is 11.2. The number of nitrogen functional groups attached to an aromatic ring is 1. The number of phosphoric ester groups is 2. The number of aliphatic hydroxyl groups excluding tert-OH is 5. The van der Waals surface area contributed by atoms with Crippen molar-refractivity contribution in [2.45, 2.75) is 56.3 Å². The number of aromatic amines is 1. The Labute approximate surface area is 307 Å². The predicted molar refractivity (Wildman–Crippen MR) is 186 cm³/mol. The largest absolute Gasteiger partial charge is 0.481 e. The average molecular weight is 815 g/mol. The van der Waals surface area contributed by atoms with E-state index < -0.39 is 89.5 Å². The summed E-state index contributed by atoms with van der Waals surface area (Å²) in [6, 6.07) is 3.29. The highest BCUT2D eigenvalue weighted by Crippen LogP contribution is 2.60. The lowest BCUT2D eigenvalue weighted by Crippen LogP contribution is -2.42. The molecule has 298 valence electrons. The topological polar surface area (TPSA) is 366 Å². The molecule has 55 heavy (non-hydrogen) atoms. The zero-order valence-corrected chi connectivity index (χ0v) is 30.7. The number of aliphatic hydroxyl groups is 5. The number of nitrogens with zero attached hydrogens (tertiary/aromatic N) is 8. The summed E-state index contributed by atoms with van der Waals surface area (Å²) in [4.78, 5) is 68.8. The number of aryl methyl sites for hydroxylation is 1. The number of H-pyrrole nitrogens is 1. The maximum Gasteiger partial charge on any atom is 0.481 e. The normalized spacial score (nSPS) is 22.8. The monoisotopic (exact) mass is 814 g/mol. The first-order valence-corrected chi connectivity index (χ1v) is 19.0. The van der Waals surface area contributed by atoms with Crippen molar-refractivity contribution < 1.29 is 62.5 Å². The molecule has 0 spiro atoms. The van der Waals surface area contributed by atoms with Crippen LogP contribution in [0.5, 0.6) is 0 Å². The standard InChI is InChI=1S/C28H36N10O15P2/c1-11-4-12-14(5-13(11)36(2)3)37(25-19(33-12)26(44)35-28(45)34-25)6-15(39)20(41)16(40)7-50-54(46,47)53-55(48,49)51-8-17-21(42)22(43)27(52-17)38-10-32-18-23(29)30-9-31-24(18)38/h4-5,9-10,15-17,20-22,27,39-43H,6-8H2,1-3H3,(H,46,47)(H,48,49)(H2,29,30,31)(H,35,44,45). The van der Waals surface area contributed by atoms with Gasteiger partial charge in [0.1, 0.15) is 48.5 Å². The average Bonchev–Trinajstić information content (AvgIpc) is 3.66. The molecule has 2 aromatic heterocycles. The third-order valence-electron chi connectivity index (χ3n) is 8.58. The van der Waals surface area contributed by atoms with E-state index in [-0.39, 0.29) is 39.5 Å². The molecule has 9 atom stereocenters. The van der Waals surface area contributed by atoms with Gasteiger partial charge < -0.3 is 55.3 Å². The molecule has 6 rings (SSSR count). The summed E-state index contributed by atoms with van der Waals surface area (Å²) in [5, 5.41) is 53.3. The van der Waals surface area contributed by atoms with Crippen LogP contribution in [0, 0.1) is 6.92 Å². The number of hydrogen-bond donors (Lipinski definition) is 9. The molecule has 0 radical (unpaired) electrons. The van der Waals surface area contributed by atoms with Gasteiger partial charge in [0.15, 0.2) is 29.2 Å². The van der Waals surface area contributed by atoms with E-state index >= 15 is 0 Å². The van der Waals surface area contributed by atoms with Crippen LogP contribution in [0.3, 0.4) is 0 Å². The first-order chi connectivity index (χ1) is 25.8. The Morgan fingerprint density at radius 1 is 1.02 bits per heavy atom. The van der Waals surface area contributed by atoms with Crippen LogP contribution in [0.4, 0.5) is 11.5 Å². The van der Waals surface area contributed by atoms with Gasteiger partial charge in [0.2, 0.25) is 0 Å². The van der Waals surface area contributed by atoms with Crippen LogP contribution < -0.4 is 21.9 Å². The van der Waals surface area contributed by atoms with Gasteiger partial charge in [-0.1, -0.05) is 0 Å². The van der Waals surface area contributed by atoms with E-state index in [1.165, 1.54) is 15.5 Å². The first-order valence-electron chi connectivity index (χ1n) is 16.0. The maximum atomic E-state index is 12.6. The van der Waals surface area contributed by atoms with Crippen molar-refractivity contribution in [3.05, 3.63) is 51.2 Å². The van der Waals surface area contributed by atoms with Gasteiger partial charge in [-0.15, -0.1) is 0 Å². The zero-order chi connectivity index (χ0) is 40.1. The number of hydrogen-bond acceptors (Lipinski definition) is 20. The fourth-order valence-electron chi connectivity index (χ4n) is 5.92. The second-order valence-corrected chi connectivity index (χ2v) is 15.7. The van der Waals surface area contributed by atoms with Crippen molar-refractivity contribution in [1.82, 2.24) is 39.0 Å². The number of imidazole rings is 1. The molecule has 3 aliphatic heterocycles. The summed E-state index contributed by atoms with van der Waals surface area (Å²) in [6.07, 6.45) is -10.00. The molecule has 1 fully saturated rings. The number of phosphoric acid groups is 2. The molecule has 9 unspecified atom stereocenters. The van der Waals surface area contributed by atoms with Crippen LogP contribution >= 0.6 is 15.6 Å². The molecule has 0 aliphatic carbocycles. The van der Waals surface area contributed by atoms with Crippen LogP contribution in [-0.4, -0.2) is 138 Å². The molecule has 27 heteroatoms. The number of rotatable bonds is 14. The highest BCUT2D eigenvalue weighted by atomic mass is 31.3. The van der Waals surface area contributed by atoms with Crippen molar-refractivity contribution >= 4 is 49.3 Å². The molecule has 1 aromatic carbocycles. The van der Waals surface area contributed by atoms with Crippen LogP contribution in [0.1, 0.15) is 11.8 Å². The molecule has 1 saturated heterocycles. The van der Waals surface area contributed by atoms with E-state index in [1.807, 2.05) is 4.98 Å². The first kappa shape index (κ1) is 40.3. The van der Waals surface area contributed by atoms with Gasteiger partial charge in [-0.2, -0.15) is 9.29 Å². The summed E-state index contributed by atoms with van der Waals surface area (Å²) in [5.74, 6) is -0.227. The Bertz CT molecular complexity index is 2410. The number of nitrogens with one attached hydrogen (secondary N) is 1. The Morgan fingerprint density at radius 2 is 1.73 bits per heavy atom. The molecule has 3 aliphatic rings. The lowest BCUT2D eigenvalue weighted by molar-refractivity contribution is -0.0794. The Hall–Kier alpha value is -4.33. The fraction of sp³-hybridized carbons (Fsp3) is 0.464. The SMILES string of the molecule is Cc1cc2nc3c(=O)[nH]c(=O)nc-3n(CC(O)C(O)C(O)COP(=O)(O)OP(=O)(O)OCC3OC(n4cnc5c(N)ncnc54)C(O)C3O)c2cc1N(C)C.